The molecule has 2 aromatic rings. The van der Waals surface area contributed by atoms with Gasteiger partial charge in [0.2, 0.25) is 11.8 Å². The van der Waals surface area contributed by atoms with Crippen molar-refractivity contribution in [1.29, 1.82) is 0 Å². The highest BCUT2D eigenvalue weighted by Gasteiger charge is 2.31. The lowest BCUT2D eigenvalue weighted by molar-refractivity contribution is -0.134. The van der Waals surface area contributed by atoms with E-state index in [2.05, 4.69) is 4.90 Å². The zero-order chi connectivity index (χ0) is 20.4. The molecular formula is C23H25N3O3. The summed E-state index contributed by atoms with van der Waals surface area (Å²) in [4.78, 5) is 30.8. The van der Waals surface area contributed by atoms with Gasteiger partial charge in [0.1, 0.15) is 5.75 Å². The summed E-state index contributed by atoms with van der Waals surface area (Å²) in [5.41, 5.74) is 2.85. The number of rotatable bonds is 3. The minimum Gasteiger partial charge on any atom is -0.506 e. The second kappa shape index (κ2) is 7.99. The Bertz CT molecular complexity index is 948. The van der Waals surface area contributed by atoms with E-state index in [1.54, 1.807) is 23.2 Å². The first kappa shape index (κ1) is 19.1. The molecule has 4 rings (SSSR count). The highest BCUT2D eigenvalue weighted by Crippen LogP contribution is 2.33. The molecule has 29 heavy (non-hydrogen) atoms. The fourth-order valence-corrected chi connectivity index (χ4v) is 4.14. The fraction of sp³-hybridized carbons (Fsp3) is 0.304. The summed E-state index contributed by atoms with van der Waals surface area (Å²) in [6.45, 7) is 4.05. The fourth-order valence-electron chi connectivity index (χ4n) is 4.14. The summed E-state index contributed by atoms with van der Waals surface area (Å²) in [5, 5.41) is 10.1. The Morgan fingerprint density at radius 3 is 2.41 bits per heavy atom. The number of piperazine rings is 1. The van der Waals surface area contributed by atoms with Gasteiger partial charge in [0.05, 0.1) is 18.2 Å². The van der Waals surface area contributed by atoms with Gasteiger partial charge in [-0.15, -0.1) is 0 Å². The van der Waals surface area contributed by atoms with Crippen molar-refractivity contribution in [2.24, 2.45) is 0 Å². The van der Waals surface area contributed by atoms with Gasteiger partial charge in [-0.1, -0.05) is 36.4 Å². The molecule has 150 valence electrons. The van der Waals surface area contributed by atoms with E-state index in [1.807, 2.05) is 47.4 Å². The molecule has 2 aliphatic rings. The number of fused-ring (bicyclic) bond motifs is 1. The highest BCUT2D eigenvalue weighted by atomic mass is 16.3. The van der Waals surface area contributed by atoms with Crippen LogP contribution in [0.4, 0.5) is 5.69 Å². The predicted molar refractivity (Wildman–Crippen MR) is 112 cm³/mol. The van der Waals surface area contributed by atoms with E-state index < -0.39 is 0 Å². The van der Waals surface area contributed by atoms with Gasteiger partial charge in [0.25, 0.3) is 0 Å². The minimum atomic E-state index is -0.280. The largest absolute Gasteiger partial charge is 0.506 e. The number of phenolic OH excluding ortho intramolecular Hbond substituents is 1. The van der Waals surface area contributed by atoms with E-state index in [-0.39, 0.29) is 30.0 Å². The number of phenols is 1. The van der Waals surface area contributed by atoms with E-state index in [0.29, 0.717) is 26.2 Å². The standard InChI is InChI=1S/C23H25N3O3/c1-17(27)26-11-10-18-6-2-3-7-19(18)21(26)16-23(29)25-14-12-24(13-15-25)20-8-4-5-9-22(20)28/h2-11,21,28H,12-16H2,1H3. The molecule has 1 N–H and O–H groups in total. The predicted octanol–water partition coefficient (Wildman–Crippen LogP) is 3.01. The first-order valence-corrected chi connectivity index (χ1v) is 9.91. The van der Waals surface area contributed by atoms with Crippen LogP contribution >= 0.6 is 0 Å². The van der Waals surface area contributed by atoms with Gasteiger partial charge in [-0.05, 0) is 29.3 Å². The molecule has 6 nitrogen and oxygen atoms in total. The SMILES string of the molecule is CC(=O)N1C=Cc2ccccc2C1CC(=O)N1CCN(c2ccccc2O)CC1. The Balaban J connectivity index is 1.45. The van der Waals surface area contributed by atoms with Crippen molar-refractivity contribution in [2.75, 3.05) is 31.1 Å². The van der Waals surface area contributed by atoms with Crippen LogP contribution in [0, 0.1) is 0 Å². The first-order chi connectivity index (χ1) is 14.0. The quantitative estimate of drug-likeness (QED) is 0.874. The number of para-hydroxylation sites is 2. The number of carbonyl (C=O) groups is 2. The molecule has 0 bridgehead atoms. The van der Waals surface area contributed by atoms with E-state index in [9.17, 15) is 14.7 Å². The van der Waals surface area contributed by atoms with Crippen LogP contribution in [0.3, 0.4) is 0 Å². The molecule has 6 heteroatoms. The maximum absolute atomic E-state index is 13.1. The zero-order valence-electron chi connectivity index (χ0n) is 16.5. The van der Waals surface area contributed by atoms with Crippen molar-refractivity contribution in [3.05, 3.63) is 65.9 Å². The lowest BCUT2D eigenvalue weighted by Gasteiger charge is -2.38. The molecule has 2 aromatic carbocycles. The Kier molecular flexibility index (Phi) is 5.25. The molecule has 2 amide bonds. The Labute approximate surface area is 170 Å². The number of hydrogen-bond donors (Lipinski definition) is 1. The molecule has 1 fully saturated rings. The summed E-state index contributed by atoms with van der Waals surface area (Å²) >= 11 is 0. The molecule has 0 radical (unpaired) electrons. The Morgan fingerprint density at radius 2 is 1.69 bits per heavy atom. The number of amides is 2. The van der Waals surface area contributed by atoms with Crippen LogP contribution < -0.4 is 4.90 Å². The lowest BCUT2D eigenvalue weighted by Crippen LogP contribution is -2.49. The smallest absolute Gasteiger partial charge is 0.225 e. The molecule has 0 aromatic heterocycles. The Morgan fingerprint density at radius 1 is 1.00 bits per heavy atom. The normalized spacial score (nSPS) is 18.5. The van der Waals surface area contributed by atoms with Gasteiger partial charge in [-0.25, -0.2) is 0 Å². The molecule has 2 aliphatic heterocycles. The summed E-state index contributed by atoms with van der Waals surface area (Å²) < 4.78 is 0. The van der Waals surface area contributed by atoms with Gasteiger partial charge < -0.3 is 19.8 Å². The second-order valence-electron chi connectivity index (χ2n) is 7.45. The lowest BCUT2D eigenvalue weighted by atomic mass is 9.93. The van der Waals surface area contributed by atoms with Crippen LogP contribution in [0.5, 0.6) is 5.75 Å². The van der Waals surface area contributed by atoms with Crippen molar-refractivity contribution in [1.82, 2.24) is 9.80 Å². The van der Waals surface area contributed by atoms with Crippen LogP contribution in [0.15, 0.2) is 54.7 Å². The first-order valence-electron chi connectivity index (χ1n) is 9.91. The molecule has 0 aliphatic carbocycles. The van der Waals surface area contributed by atoms with Crippen LogP contribution in [0.2, 0.25) is 0 Å². The van der Waals surface area contributed by atoms with Crippen LogP contribution in [0.1, 0.15) is 30.5 Å². The number of anilines is 1. The summed E-state index contributed by atoms with van der Waals surface area (Å²) in [7, 11) is 0. The van der Waals surface area contributed by atoms with Crippen LogP contribution in [0.25, 0.3) is 6.08 Å². The monoisotopic (exact) mass is 391 g/mol. The summed E-state index contributed by atoms with van der Waals surface area (Å²) in [6.07, 6.45) is 3.96. The number of benzene rings is 2. The maximum atomic E-state index is 13.1. The van der Waals surface area contributed by atoms with Crippen LogP contribution in [-0.2, 0) is 9.59 Å². The molecule has 0 spiro atoms. The highest BCUT2D eigenvalue weighted by molar-refractivity contribution is 5.82. The van der Waals surface area contributed by atoms with Gasteiger partial charge >= 0.3 is 0 Å². The number of carbonyl (C=O) groups excluding carboxylic acids is 2. The zero-order valence-corrected chi connectivity index (χ0v) is 16.5. The van der Waals surface area contributed by atoms with E-state index >= 15 is 0 Å². The molecule has 0 saturated carbocycles. The molecule has 1 atom stereocenters. The van der Waals surface area contributed by atoms with Crippen molar-refractivity contribution in [3.8, 4) is 5.75 Å². The molecule has 1 unspecified atom stereocenters. The third kappa shape index (κ3) is 3.83. The van der Waals surface area contributed by atoms with Gasteiger partial charge in [0, 0.05) is 39.3 Å². The number of hydrogen-bond acceptors (Lipinski definition) is 4. The van der Waals surface area contributed by atoms with Crippen LogP contribution in [-0.4, -0.2) is 52.9 Å². The van der Waals surface area contributed by atoms with Crippen molar-refractivity contribution < 1.29 is 14.7 Å². The number of nitrogens with zero attached hydrogens (tertiary/aromatic N) is 3. The third-order valence-corrected chi connectivity index (χ3v) is 5.69. The van der Waals surface area contributed by atoms with Gasteiger partial charge in [-0.2, -0.15) is 0 Å². The average molecular weight is 391 g/mol. The molecule has 1 saturated heterocycles. The molecule has 2 heterocycles. The third-order valence-electron chi connectivity index (χ3n) is 5.69. The van der Waals surface area contributed by atoms with E-state index in [0.717, 1.165) is 16.8 Å². The van der Waals surface area contributed by atoms with Crippen molar-refractivity contribution in [3.63, 3.8) is 0 Å². The summed E-state index contributed by atoms with van der Waals surface area (Å²) in [6, 6.07) is 14.9. The van der Waals surface area contributed by atoms with Gasteiger partial charge in [-0.3, -0.25) is 9.59 Å². The molecular weight excluding hydrogens is 366 g/mol. The van der Waals surface area contributed by atoms with E-state index in [4.69, 9.17) is 0 Å². The minimum absolute atomic E-state index is 0.0447. The second-order valence-corrected chi connectivity index (χ2v) is 7.45. The van der Waals surface area contributed by atoms with Gasteiger partial charge in [0.15, 0.2) is 0 Å². The maximum Gasteiger partial charge on any atom is 0.225 e. The number of aromatic hydroxyl groups is 1. The van der Waals surface area contributed by atoms with Crippen molar-refractivity contribution in [2.45, 2.75) is 19.4 Å². The van der Waals surface area contributed by atoms with E-state index in [1.165, 1.54) is 6.92 Å². The summed E-state index contributed by atoms with van der Waals surface area (Å²) in [5.74, 6) is 0.233. The Hall–Kier alpha value is -3.28. The average Bonchev–Trinajstić information content (AvgIpc) is 2.74. The topological polar surface area (TPSA) is 64.1 Å². The van der Waals surface area contributed by atoms with Crippen molar-refractivity contribution >= 4 is 23.6 Å².